The molecule has 3 nitrogen and oxygen atoms in total. The summed E-state index contributed by atoms with van der Waals surface area (Å²) in [4.78, 5) is 9.47. The third-order valence-corrected chi connectivity index (χ3v) is 0.268. The van der Waals surface area contributed by atoms with E-state index in [0.29, 0.717) is 0 Å². The van der Waals surface area contributed by atoms with Crippen LogP contribution in [0.15, 0.2) is 0 Å². The maximum Gasteiger partial charge on any atom is 0.329 e. The number of carboxylic acid groups (broad SMARTS) is 1. The summed E-state index contributed by atoms with van der Waals surface area (Å²) in [7, 11) is 1.34. The fourth-order valence-corrected chi connectivity index (χ4v) is 0.123. The van der Waals surface area contributed by atoms with Gasteiger partial charge in [-0.25, -0.2) is 4.79 Å². The zero-order chi connectivity index (χ0) is 7.70. The lowest BCUT2D eigenvalue weighted by molar-refractivity contribution is -0.141. The molecule has 56 valence electrons. The summed E-state index contributed by atoms with van der Waals surface area (Å²) in [6.45, 7) is -0.208. The van der Waals surface area contributed by atoms with Gasteiger partial charge >= 0.3 is 5.97 Å². The summed E-state index contributed by atoms with van der Waals surface area (Å²) < 4.78 is 4.20. The lowest BCUT2D eigenvalue weighted by Gasteiger charge is -1.83. The molecule has 0 spiro atoms. The molecule has 0 bridgehead atoms. The molecule has 0 atom stereocenters. The Labute approximate surface area is 63.5 Å². The number of aliphatic carboxylic acids is 1. The van der Waals surface area contributed by atoms with Gasteiger partial charge in [0.2, 0.25) is 0 Å². The van der Waals surface area contributed by atoms with Crippen molar-refractivity contribution < 1.29 is 14.6 Å². The van der Waals surface area contributed by atoms with Gasteiger partial charge in [-0.15, -0.1) is 23.2 Å². The number of carboxylic acids is 1. The van der Waals surface area contributed by atoms with Crippen molar-refractivity contribution in [2.75, 3.05) is 19.1 Å². The van der Waals surface area contributed by atoms with E-state index in [2.05, 4.69) is 4.74 Å². The minimum atomic E-state index is -0.933. The second-order valence-electron chi connectivity index (χ2n) is 0.928. The van der Waals surface area contributed by atoms with Crippen LogP contribution in [0.4, 0.5) is 0 Å². The average molecular weight is 175 g/mol. The minimum Gasteiger partial charge on any atom is -0.480 e. The number of methoxy groups -OCH3 is 1. The van der Waals surface area contributed by atoms with Crippen molar-refractivity contribution >= 4 is 29.2 Å². The number of alkyl halides is 2. The molecule has 0 aromatic carbocycles. The second kappa shape index (κ2) is 10.9. The van der Waals surface area contributed by atoms with Gasteiger partial charge < -0.3 is 9.84 Å². The van der Waals surface area contributed by atoms with Crippen LogP contribution < -0.4 is 0 Å². The molecular weight excluding hydrogens is 167 g/mol. The van der Waals surface area contributed by atoms with Crippen LogP contribution in [-0.4, -0.2) is 30.1 Å². The first-order chi connectivity index (χ1) is 4.18. The molecule has 0 aliphatic heterocycles. The lowest BCUT2D eigenvalue weighted by atomic mass is 10.8. The van der Waals surface area contributed by atoms with Crippen LogP contribution in [-0.2, 0) is 9.53 Å². The fourth-order valence-electron chi connectivity index (χ4n) is 0.123. The maximum absolute atomic E-state index is 9.47. The van der Waals surface area contributed by atoms with Crippen molar-refractivity contribution in [1.29, 1.82) is 0 Å². The molecule has 5 heteroatoms. The molecule has 0 rings (SSSR count). The quantitative estimate of drug-likeness (QED) is 0.640. The molecule has 0 unspecified atom stereocenters. The van der Waals surface area contributed by atoms with E-state index in [1.54, 1.807) is 0 Å². The highest BCUT2D eigenvalue weighted by molar-refractivity contribution is 6.40. The predicted molar refractivity (Wildman–Crippen MR) is 36.1 cm³/mol. The van der Waals surface area contributed by atoms with E-state index >= 15 is 0 Å². The highest BCUT2D eigenvalue weighted by atomic mass is 35.5. The molecule has 9 heavy (non-hydrogen) atoms. The van der Waals surface area contributed by atoms with Crippen LogP contribution in [0.25, 0.3) is 0 Å². The zero-order valence-corrected chi connectivity index (χ0v) is 6.45. The van der Waals surface area contributed by atoms with E-state index in [-0.39, 0.29) is 11.9 Å². The monoisotopic (exact) mass is 174 g/mol. The summed E-state index contributed by atoms with van der Waals surface area (Å²) in [6, 6.07) is 0. The SMILES string of the molecule is COCC(=O)O.ClCCl. The Bertz CT molecular complexity index is 66.8. The number of rotatable bonds is 2. The van der Waals surface area contributed by atoms with E-state index in [1.807, 2.05) is 0 Å². The molecular formula is C4H8Cl2O3. The van der Waals surface area contributed by atoms with Crippen molar-refractivity contribution in [1.82, 2.24) is 0 Å². The molecule has 0 saturated carbocycles. The molecule has 0 aromatic rings. The van der Waals surface area contributed by atoms with Gasteiger partial charge in [0.1, 0.15) is 6.61 Å². The van der Waals surface area contributed by atoms with Gasteiger partial charge in [-0.1, -0.05) is 0 Å². The Morgan fingerprint density at radius 2 is 2.00 bits per heavy atom. The molecule has 0 saturated heterocycles. The van der Waals surface area contributed by atoms with Crippen LogP contribution in [0.1, 0.15) is 0 Å². The molecule has 0 radical (unpaired) electrons. The summed E-state index contributed by atoms with van der Waals surface area (Å²) in [5, 5.41) is 7.98. The Kier molecular flexibility index (Phi) is 14.2. The molecule has 1 N–H and O–H groups in total. The fraction of sp³-hybridized carbons (Fsp3) is 0.750. The van der Waals surface area contributed by atoms with Crippen molar-refractivity contribution in [3.63, 3.8) is 0 Å². The van der Waals surface area contributed by atoms with Gasteiger partial charge in [-0.05, 0) is 0 Å². The highest BCUT2D eigenvalue weighted by Crippen LogP contribution is 1.73. The van der Waals surface area contributed by atoms with Gasteiger partial charge in [0.05, 0.1) is 5.34 Å². The molecule has 0 amide bonds. The summed E-state index contributed by atoms with van der Waals surface area (Å²) in [5.41, 5.74) is 0. The van der Waals surface area contributed by atoms with Gasteiger partial charge in [-0.2, -0.15) is 0 Å². The van der Waals surface area contributed by atoms with Crippen LogP contribution in [0, 0.1) is 0 Å². The Morgan fingerprint density at radius 1 is 1.67 bits per heavy atom. The van der Waals surface area contributed by atoms with E-state index in [0.717, 1.165) is 0 Å². The van der Waals surface area contributed by atoms with E-state index in [9.17, 15) is 4.79 Å². The smallest absolute Gasteiger partial charge is 0.329 e. The van der Waals surface area contributed by atoms with Crippen LogP contribution in [0.3, 0.4) is 0 Å². The predicted octanol–water partition coefficient (Wildman–Crippen LogP) is 1.14. The molecule has 0 fully saturated rings. The van der Waals surface area contributed by atoms with Gasteiger partial charge in [0, 0.05) is 7.11 Å². The summed E-state index contributed by atoms with van der Waals surface area (Å²) >= 11 is 9.53. The lowest BCUT2D eigenvalue weighted by Crippen LogP contribution is -2.02. The molecule has 0 heterocycles. The minimum absolute atomic E-state index is 0.194. The topological polar surface area (TPSA) is 46.5 Å². The first kappa shape index (κ1) is 11.8. The zero-order valence-electron chi connectivity index (χ0n) is 4.93. The third-order valence-electron chi connectivity index (χ3n) is 0.268. The number of halogens is 2. The first-order valence-corrected chi connectivity index (χ1v) is 3.08. The Hall–Kier alpha value is 0.01000. The number of hydrogen-bond acceptors (Lipinski definition) is 2. The summed E-state index contributed by atoms with van der Waals surface area (Å²) in [5.74, 6) is -0.933. The van der Waals surface area contributed by atoms with E-state index in [1.165, 1.54) is 7.11 Å². The van der Waals surface area contributed by atoms with Crippen LogP contribution in [0.2, 0.25) is 0 Å². The number of ether oxygens (including phenoxy) is 1. The molecule has 0 aliphatic carbocycles. The molecule has 0 aromatic heterocycles. The second-order valence-corrected chi connectivity index (χ2v) is 1.74. The normalized spacial score (nSPS) is 7.44. The van der Waals surface area contributed by atoms with Crippen molar-refractivity contribution in [2.45, 2.75) is 0 Å². The maximum atomic E-state index is 9.47. The van der Waals surface area contributed by atoms with Crippen molar-refractivity contribution in [3.05, 3.63) is 0 Å². The van der Waals surface area contributed by atoms with Crippen molar-refractivity contribution in [2.24, 2.45) is 0 Å². The third kappa shape index (κ3) is 31.9. The average Bonchev–Trinajstić information content (AvgIpc) is 1.67. The van der Waals surface area contributed by atoms with Crippen molar-refractivity contribution in [3.8, 4) is 0 Å². The Balaban J connectivity index is 0. The van der Waals surface area contributed by atoms with E-state index < -0.39 is 5.97 Å². The van der Waals surface area contributed by atoms with Crippen LogP contribution in [0.5, 0.6) is 0 Å². The van der Waals surface area contributed by atoms with Gasteiger partial charge in [0.15, 0.2) is 0 Å². The van der Waals surface area contributed by atoms with Crippen LogP contribution >= 0.6 is 23.2 Å². The largest absolute Gasteiger partial charge is 0.480 e. The highest BCUT2D eigenvalue weighted by Gasteiger charge is 1.87. The molecule has 0 aliphatic rings. The number of carbonyl (C=O) groups is 1. The van der Waals surface area contributed by atoms with E-state index in [4.69, 9.17) is 28.3 Å². The summed E-state index contributed by atoms with van der Waals surface area (Å²) in [6.07, 6.45) is 0. The first-order valence-electron chi connectivity index (χ1n) is 2.01. The Morgan fingerprint density at radius 3 is 2.00 bits per heavy atom. The van der Waals surface area contributed by atoms with Gasteiger partial charge in [-0.3, -0.25) is 0 Å². The van der Waals surface area contributed by atoms with Gasteiger partial charge in [0.25, 0.3) is 0 Å². The number of hydrogen-bond donors (Lipinski definition) is 1. The standard InChI is InChI=1S/C3H6O3.CH2Cl2/c1-6-2-3(4)5;2-1-3/h2H2,1H3,(H,4,5);1H2.